The highest BCUT2D eigenvalue weighted by Gasteiger charge is 2.20. The Balaban J connectivity index is 1.54. The minimum Gasteiger partial charge on any atom is -0.354 e. The molecule has 37 heavy (non-hydrogen) atoms. The molecule has 3 heterocycles. The third kappa shape index (κ3) is 2.54. The molecular formula is C34H20N2S. The highest BCUT2D eigenvalue weighted by Crippen LogP contribution is 2.46. The molecule has 0 atom stereocenters. The Morgan fingerprint density at radius 3 is 2.24 bits per heavy atom. The third-order valence-corrected chi connectivity index (χ3v) is 9.08. The minimum atomic E-state index is 1.17. The molecule has 0 radical (unpaired) electrons. The molecule has 0 aliphatic rings. The maximum Gasteiger partial charge on any atom is 0.0562 e. The Kier molecular flexibility index (Phi) is 3.70. The van der Waals surface area contributed by atoms with Gasteiger partial charge in [0, 0.05) is 58.4 Å². The average molecular weight is 489 g/mol. The standard InChI is InChI=1S/C34H20N2S/c1-2-9-21(10-3-1)36-29-16-15-24-32-22-11-5-4-8-20(22)14-17-31(32)37-34(24)33(29)26-18-25-23-12-6-7-13-27(23)35-28(25)19-30(26)36/h1-19,35H. The second kappa shape index (κ2) is 7.00. The summed E-state index contributed by atoms with van der Waals surface area (Å²) in [7, 11) is 0. The fraction of sp³-hybridized carbons (Fsp3) is 0. The van der Waals surface area contributed by atoms with Gasteiger partial charge in [-0.1, -0.05) is 72.8 Å². The maximum absolute atomic E-state index is 3.66. The molecule has 0 unspecified atom stereocenters. The molecule has 2 nitrogen and oxygen atoms in total. The third-order valence-electron chi connectivity index (χ3n) is 7.90. The largest absolute Gasteiger partial charge is 0.354 e. The number of H-pyrrole nitrogens is 1. The first-order valence-corrected chi connectivity index (χ1v) is 13.4. The molecule has 0 aliphatic heterocycles. The van der Waals surface area contributed by atoms with Crippen LogP contribution in [-0.2, 0) is 0 Å². The van der Waals surface area contributed by atoms with Crippen LogP contribution in [0.15, 0.2) is 115 Å². The number of fused-ring (bicyclic) bond motifs is 12. The molecule has 0 saturated heterocycles. The van der Waals surface area contributed by atoms with E-state index < -0.39 is 0 Å². The molecule has 0 amide bonds. The van der Waals surface area contributed by atoms with Gasteiger partial charge in [-0.05, 0) is 53.2 Å². The zero-order valence-corrected chi connectivity index (χ0v) is 20.6. The zero-order valence-electron chi connectivity index (χ0n) is 19.8. The topological polar surface area (TPSA) is 20.7 Å². The van der Waals surface area contributed by atoms with Crippen molar-refractivity contribution < 1.29 is 0 Å². The molecule has 172 valence electrons. The average Bonchev–Trinajstić information content (AvgIpc) is 3.61. The van der Waals surface area contributed by atoms with Crippen molar-refractivity contribution in [2.45, 2.75) is 0 Å². The van der Waals surface area contributed by atoms with E-state index in [1.807, 2.05) is 11.3 Å². The van der Waals surface area contributed by atoms with Crippen LogP contribution in [0.3, 0.4) is 0 Å². The number of aromatic nitrogens is 2. The van der Waals surface area contributed by atoms with E-state index in [-0.39, 0.29) is 0 Å². The van der Waals surface area contributed by atoms with E-state index in [0.717, 1.165) is 0 Å². The van der Waals surface area contributed by atoms with Gasteiger partial charge in [-0.3, -0.25) is 0 Å². The van der Waals surface area contributed by atoms with E-state index in [1.54, 1.807) is 0 Å². The lowest BCUT2D eigenvalue weighted by molar-refractivity contribution is 1.18. The van der Waals surface area contributed by atoms with E-state index in [2.05, 4.69) is 125 Å². The number of benzene rings is 6. The highest BCUT2D eigenvalue weighted by atomic mass is 32.1. The van der Waals surface area contributed by atoms with Gasteiger partial charge in [-0.15, -0.1) is 11.3 Å². The van der Waals surface area contributed by atoms with Gasteiger partial charge in [0.15, 0.2) is 0 Å². The smallest absolute Gasteiger partial charge is 0.0562 e. The molecule has 1 N–H and O–H groups in total. The monoisotopic (exact) mass is 488 g/mol. The van der Waals surface area contributed by atoms with Gasteiger partial charge in [-0.25, -0.2) is 0 Å². The van der Waals surface area contributed by atoms with Crippen LogP contribution in [0.4, 0.5) is 0 Å². The van der Waals surface area contributed by atoms with Crippen LogP contribution in [0, 0.1) is 0 Å². The van der Waals surface area contributed by atoms with Gasteiger partial charge in [0.25, 0.3) is 0 Å². The minimum absolute atomic E-state index is 1.17. The first-order valence-electron chi connectivity index (χ1n) is 12.6. The Bertz CT molecular complexity index is 2350. The number of thiophene rings is 1. The van der Waals surface area contributed by atoms with Crippen molar-refractivity contribution in [1.82, 2.24) is 9.55 Å². The quantitative estimate of drug-likeness (QED) is 0.237. The summed E-state index contributed by atoms with van der Waals surface area (Å²) in [6.45, 7) is 0. The molecular weight excluding hydrogens is 468 g/mol. The predicted molar refractivity (Wildman–Crippen MR) is 161 cm³/mol. The van der Waals surface area contributed by atoms with Crippen LogP contribution in [-0.4, -0.2) is 9.55 Å². The summed E-state index contributed by atoms with van der Waals surface area (Å²) < 4.78 is 5.13. The van der Waals surface area contributed by atoms with Gasteiger partial charge >= 0.3 is 0 Å². The van der Waals surface area contributed by atoms with E-state index in [1.165, 1.54) is 80.2 Å². The molecule has 0 spiro atoms. The Hall–Kier alpha value is -4.60. The summed E-state index contributed by atoms with van der Waals surface area (Å²) in [5.41, 5.74) is 6.02. The second-order valence-electron chi connectivity index (χ2n) is 9.85. The van der Waals surface area contributed by atoms with Gasteiger partial charge < -0.3 is 9.55 Å². The number of nitrogens with zero attached hydrogens (tertiary/aromatic N) is 1. The van der Waals surface area contributed by atoms with E-state index in [9.17, 15) is 0 Å². The molecule has 3 aromatic heterocycles. The van der Waals surface area contributed by atoms with E-state index >= 15 is 0 Å². The van der Waals surface area contributed by atoms with Crippen molar-refractivity contribution in [2.24, 2.45) is 0 Å². The number of hydrogen-bond acceptors (Lipinski definition) is 1. The summed E-state index contributed by atoms with van der Waals surface area (Å²) in [4.78, 5) is 3.66. The fourth-order valence-electron chi connectivity index (χ4n) is 6.30. The SMILES string of the molecule is c1ccc(-n2c3cc4[nH]c5ccccc5c4cc3c3c4sc5ccc6ccccc6c5c4ccc32)cc1. The number of aromatic amines is 1. The fourth-order valence-corrected chi connectivity index (χ4v) is 7.58. The number of para-hydroxylation sites is 2. The summed E-state index contributed by atoms with van der Waals surface area (Å²) in [6, 6.07) is 42.1. The van der Waals surface area contributed by atoms with Crippen LogP contribution in [0.25, 0.3) is 80.2 Å². The van der Waals surface area contributed by atoms with Gasteiger partial charge in [0.1, 0.15) is 0 Å². The molecule has 9 aromatic rings. The Labute approximate surface area is 216 Å². The lowest BCUT2D eigenvalue weighted by Gasteiger charge is -2.07. The Morgan fingerprint density at radius 1 is 0.514 bits per heavy atom. The van der Waals surface area contributed by atoms with Crippen LogP contribution >= 0.6 is 11.3 Å². The van der Waals surface area contributed by atoms with Crippen molar-refractivity contribution in [3.8, 4) is 5.69 Å². The number of rotatable bonds is 1. The lowest BCUT2D eigenvalue weighted by Crippen LogP contribution is -1.92. The van der Waals surface area contributed by atoms with Crippen molar-refractivity contribution in [2.75, 3.05) is 0 Å². The summed E-state index contributed by atoms with van der Waals surface area (Å²) >= 11 is 1.92. The molecule has 0 aliphatic carbocycles. The van der Waals surface area contributed by atoms with Crippen molar-refractivity contribution in [3.63, 3.8) is 0 Å². The van der Waals surface area contributed by atoms with Crippen LogP contribution < -0.4 is 0 Å². The maximum atomic E-state index is 3.66. The van der Waals surface area contributed by atoms with E-state index in [4.69, 9.17) is 0 Å². The van der Waals surface area contributed by atoms with Crippen molar-refractivity contribution in [1.29, 1.82) is 0 Å². The van der Waals surface area contributed by atoms with E-state index in [0.29, 0.717) is 0 Å². The molecule has 0 bridgehead atoms. The number of hydrogen-bond donors (Lipinski definition) is 1. The molecule has 6 aromatic carbocycles. The summed E-state index contributed by atoms with van der Waals surface area (Å²) in [5.74, 6) is 0. The van der Waals surface area contributed by atoms with Crippen molar-refractivity contribution in [3.05, 3.63) is 115 Å². The molecule has 3 heteroatoms. The lowest BCUT2D eigenvalue weighted by atomic mass is 10.0. The molecule has 0 fully saturated rings. The first kappa shape index (κ1) is 19.6. The first-order chi connectivity index (χ1) is 18.3. The predicted octanol–water partition coefficient (Wildman–Crippen LogP) is 9.94. The normalized spacial score (nSPS) is 12.3. The van der Waals surface area contributed by atoms with Crippen LogP contribution in [0.1, 0.15) is 0 Å². The van der Waals surface area contributed by atoms with Crippen LogP contribution in [0.2, 0.25) is 0 Å². The summed E-state index contributed by atoms with van der Waals surface area (Å²) in [5, 5.41) is 10.5. The van der Waals surface area contributed by atoms with Gasteiger partial charge in [0.05, 0.1) is 11.0 Å². The zero-order chi connectivity index (χ0) is 24.1. The highest BCUT2D eigenvalue weighted by molar-refractivity contribution is 7.27. The molecule has 0 saturated carbocycles. The van der Waals surface area contributed by atoms with Gasteiger partial charge in [0.2, 0.25) is 0 Å². The molecule has 9 rings (SSSR count). The van der Waals surface area contributed by atoms with Crippen molar-refractivity contribution >= 4 is 85.9 Å². The Morgan fingerprint density at radius 2 is 1.32 bits per heavy atom. The summed E-state index contributed by atoms with van der Waals surface area (Å²) in [6.07, 6.45) is 0. The number of nitrogens with one attached hydrogen (secondary N) is 1. The second-order valence-corrected chi connectivity index (χ2v) is 10.9. The van der Waals surface area contributed by atoms with Gasteiger partial charge in [-0.2, -0.15) is 0 Å². The van der Waals surface area contributed by atoms with Crippen LogP contribution in [0.5, 0.6) is 0 Å².